The summed E-state index contributed by atoms with van der Waals surface area (Å²) in [6.07, 6.45) is 1.01. The predicted octanol–water partition coefficient (Wildman–Crippen LogP) is 0.228. The lowest BCUT2D eigenvalue weighted by molar-refractivity contribution is 0.589. The molecule has 96 valence electrons. The van der Waals surface area contributed by atoms with Gasteiger partial charge < -0.3 is 5.73 Å². The normalized spacial score (nSPS) is 12.5. The first-order valence-corrected chi connectivity index (χ1v) is 8.79. The van der Waals surface area contributed by atoms with Crippen molar-refractivity contribution in [2.45, 2.75) is 5.75 Å². The predicted molar refractivity (Wildman–Crippen MR) is 68.1 cm³/mol. The van der Waals surface area contributed by atoms with Gasteiger partial charge in [0.15, 0.2) is 9.84 Å². The molecule has 1 aromatic carbocycles. The highest BCUT2D eigenvalue weighted by molar-refractivity contribution is 7.94. The molecule has 0 aromatic heterocycles. The van der Waals surface area contributed by atoms with E-state index in [-0.39, 0.29) is 17.3 Å². The van der Waals surface area contributed by atoms with Crippen LogP contribution in [0.15, 0.2) is 24.3 Å². The summed E-state index contributed by atoms with van der Waals surface area (Å²) >= 11 is 0. The van der Waals surface area contributed by atoms with Gasteiger partial charge in [-0.15, -0.1) is 0 Å². The van der Waals surface area contributed by atoms with E-state index >= 15 is 0 Å². The second-order valence-electron chi connectivity index (χ2n) is 3.92. The van der Waals surface area contributed by atoms with Crippen LogP contribution in [-0.2, 0) is 25.4 Å². The maximum Gasteiger partial charge on any atom is 0.155 e. The van der Waals surface area contributed by atoms with Crippen molar-refractivity contribution in [1.29, 1.82) is 0 Å². The number of hydrogen-bond donors (Lipinski definition) is 1. The molecule has 2 N–H and O–H groups in total. The minimum Gasteiger partial charge on any atom is -0.398 e. The van der Waals surface area contributed by atoms with Gasteiger partial charge in [0, 0.05) is 11.9 Å². The third kappa shape index (κ3) is 5.18. The van der Waals surface area contributed by atoms with Crippen LogP contribution in [0.3, 0.4) is 0 Å². The molecule has 5 nitrogen and oxygen atoms in total. The Balaban J connectivity index is 2.78. The minimum absolute atomic E-state index is 0.227. The van der Waals surface area contributed by atoms with Gasteiger partial charge in [0.1, 0.15) is 9.84 Å². The molecule has 1 rings (SSSR count). The van der Waals surface area contributed by atoms with E-state index in [1.54, 1.807) is 24.3 Å². The molecule has 0 aliphatic heterocycles. The van der Waals surface area contributed by atoms with Crippen molar-refractivity contribution in [2.75, 3.05) is 23.5 Å². The second kappa shape index (κ2) is 5.05. The van der Waals surface area contributed by atoms with E-state index in [4.69, 9.17) is 5.73 Å². The zero-order valence-corrected chi connectivity index (χ0v) is 11.1. The molecule has 0 unspecified atom stereocenters. The van der Waals surface area contributed by atoms with Crippen molar-refractivity contribution in [2.24, 2.45) is 0 Å². The minimum atomic E-state index is -3.45. The van der Waals surface area contributed by atoms with Gasteiger partial charge in [-0.2, -0.15) is 0 Å². The summed E-state index contributed by atoms with van der Waals surface area (Å²) < 4.78 is 45.2. The van der Waals surface area contributed by atoms with Crippen LogP contribution >= 0.6 is 0 Å². The number of rotatable bonds is 5. The van der Waals surface area contributed by atoms with Crippen molar-refractivity contribution in [1.82, 2.24) is 0 Å². The number of benzene rings is 1. The van der Waals surface area contributed by atoms with Crippen molar-refractivity contribution in [3.8, 4) is 0 Å². The number of anilines is 1. The van der Waals surface area contributed by atoms with Gasteiger partial charge in [-0.05, 0) is 11.6 Å². The smallest absolute Gasteiger partial charge is 0.155 e. The van der Waals surface area contributed by atoms with Gasteiger partial charge in [-0.3, -0.25) is 0 Å². The summed E-state index contributed by atoms with van der Waals surface area (Å²) in [5.41, 5.74) is 6.53. The molecule has 17 heavy (non-hydrogen) atoms. The largest absolute Gasteiger partial charge is 0.398 e. The topological polar surface area (TPSA) is 94.3 Å². The molecule has 0 radical (unpaired) electrons. The van der Waals surface area contributed by atoms with Crippen molar-refractivity contribution < 1.29 is 16.8 Å². The van der Waals surface area contributed by atoms with Gasteiger partial charge in [0.05, 0.1) is 17.3 Å². The van der Waals surface area contributed by atoms with Gasteiger partial charge in [-0.1, -0.05) is 18.2 Å². The van der Waals surface area contributed by atoms with Crippen LogP contribution in [0.25, 0.3) is 0 Å². The van der Waals surface area contributed by atoms with Crippen LogP contribution in [0.2, 0.25) is 0 Å². The maximum atomic E-state index is 11.7. The Morgan fingerprint density at radius 1 is 1.06 bits per heavy atom. The van der Waals surface area contributed by atoms with Crippen molar-refractivity contribution in [3.63, 3.8) is 0 Å². The summed E-state index contributed by atoms with van der Waals surface area (Å²) in [6, 6.07) is 6.63. The molecular weight excluding hydrogens is 262 g/mol. The maximum absolute atomic E-state index is 11.7. The first-order chi connectivity index (χ1) is 7.70. The zero-order valence-electron chi connectivity index (χ0n) is 9.46. The molecule has 7 heteroatoms. The molecular formula is C10H15NO4S2. The number of para-hydroxylation sites is 1. The van der Waals surface area contributed by atoms with E-state index in [1.165, 1.54) is 0 Å². The van der Waals surface area contributed by atoms with Crippen LogP contribution in [0.1, 0.15) is 5.56 Å². The monoisotopic (exact) mass is 277 g/mol. The summed E-state index contributed by atoms with van der Waals surface area (Å²) in [7, 11) is -6.72. The summed E-state index contributed by atoms with van der Waals surface area (Å²) in [6.45, 7) is 0. The molecule has 0 heterocycles. The Kier molecular flexibility index (Phi) is 4.16. The average molecular weight is 277 g/mol. The molecule has 1 aromatic rings. The van der Waals surface area contributed by atoms with Crippen LogP contribution in [0, 0.1) is 0 Å². The van der Waals surface area contributed by atoms with Crippen molar-refractivity contribution >= 4 is 25.4 Å². The highest BCUT2D eigenvalue weighted by atomic mass is 32.2. The molecule has 0 aliphatic rings. The molecule has 0 amide bonds. The lowest BCUT2D eigenvalue weighted by atomic mass is 10.2. The number of nitrogen functional groups attached to an aromatic ring is 1. The fraction of sp³-hybridized carbons (Fsp3) is 0.400. The third-order valence-corrected chi connectivity index (χ3v) is 4.98. The molecule has 0 saturated heterocycles. The van der Waals surface area contributed by atoms with Gasteiger partial charge in [0.2, 0.25) is 0 Å². The molecule has 0 saturated carbocycles. The quantitative estimate of drug-likeness (QED) is 0.777. The molecule has 0 aliphatic carbocycles. The first-order valence-electron chi connectivity index (χ1n) is 4.91. The summed E-state index contributed by atoms with van der Waals surface area (Å²) in [5.74, 6) is -0.961. The highest BCUT2D eigenvalue weighted by Gasteiger charge is 2.16. The van der Waals surface area contributed by atoms with Crippen LogP contribution < -0.4 is 5.73 Å². The van der Waals surface area contributed by atoms with E-state index in [2.05, 4.69) is 0 Å². The third-order valence-electron chi connectivity index (χ3n) is 2.20. The Hall–Kier alpha value is -1.08. The van der Waals surface area contributed by atoms with Gasteiger partial charge in [0.25, 0.3) is 0 Å². The Labute approximate surface area is 101 Å². The summed E-state index contributed by atoms with van der Waals surface area (Å²) in [5, 5.41) is 0. The van der Waals surface area contributed by atoms with E-state index in [0.29, 0.717) is 11.3 Å². The fourth-order valence-corrected chi connectivity index (χ4v) is 4.36. The fourth-order valence-electron chi connectivity index (χ4n) is 1.25. The van der Waals surface area contributed by atoms with Gasteiger partial charge >= 0.3 is 0 Å². The zero-order chi connectivity index (χ0) is 13.1. The Morgan fingerprint density at radius 3 is 2.18 bits per heavy atom. The number of hydrogen-bond acceptors (Lipinski definition) is 5. The SMILES string of the molecule is CS(=O)(=O)CCS(=O)(=O)Cc1ccccc1N. The Morgan fingerprint density at radius 2 is 1.65 bits per heavy atom. The number of nitrogens with two attached hydrogens (primary N) is 1. The van der Waals surface area contributed by atoms with Crippen LogP contribution in [-0.4, -0.2) is 34.6 Å². The highest BCUT2D eigenvalue weighted by Crippen LogP contribution is 2.14. The Bertz CT molecular complexity index is 590. The molecule has 0 bridgehead atoms. The second-order valence-corrected chi connectivity index (χ2v) is 8.36. The number of sulfone groups is 2. The molecule has 0 atom stereocenters. The molecule has 0 spiro atoms. The first kappa shape index (κ1) is 14.0. The van der Waals surface area contributed by atoms with E-state index in [1.807, 2.05) is 0 Å². The van der Waals surface area contributed by atoms with Crippen molar-refractivity contribution in [3.05, 3.63) is 29.8 Å². The van der Waals surface area contributed by atoms with E-state index in [9.17, 15) is 16.8 Å². The lowest BCUT2D eigenvalue weighted by Gasteiger charge is -2.06. The van der Waals surface area contributed by atoms with Crippen LogP contribution in [0.5, 0.6) is 0 Å². The molecule has 0 fully saturated rings. The summed E-state index contributed by atoms with van der Waals surface area (Å²) in [4.78, 5) is 0. The van der Waals surface area contributed by atoms with E-state index < -0.39 is 19.7 Å². The lowest BCUT2D eigenvalue weighted by Crippen LogP contribution is -2.18. The standard InChI is InChI=1S/C10H15NO4S2/c1-16(12,13)6-7-17(14,15)8-9-4-2-3-5-10(9)11/h2-5H,6-8,11H2,1H3. The van der Waals surface area contributed by atoms with E-state index in [0.717, 1.165) is 6.26 Å². The average Bonchev–Trinajstić information content (AvgIpc) is 2.18. The van der Waals surface area contributed by atoms with Crippen LogP contribution in [0.4, 0.5) is 5.69 Å². The van der Waals surface area contributed by atoms with Gasteiger partial charge in [-0.25, -0.2) is 16.8 Å².